The van der Waals surface area contributed by atoms with Crippen LogP contribution in [0.4, 0.5) is 10.1 Å². The van der Waals surface area contributed by atoms with E-state index in [1.165, 1.54) is 18.2 Å². The highest BCUT2D eigenvalue weighted by Gasteiger charge is 2.29. The third-order valence-electron chi connectivity index (χ3n) is 6.38. The Balaban J connectivity index is 1.34. The maximum absolute atomic E-state index is 14.3. The van der Waals surface area contributed by atoms with E-state index >= 15 is 0 Å². The normalized spacial score (nSPS) is 20.9. The molecule has 2 aliphatic rings. The van der Waals surface area contributed by atoms with E-state index < -0.39 is 0 Å². The van der Waals surface area contributed by atoms with E-state index in [1.807, 2.05) is 18.2 Å². The van der Waals surface area contributed by atoms with Crippen LogP contribution in [-0.2, 0) is 6.54 Å². The van der Waals surface area contributed by atoms with Crippen LogP contribution in [0, 0.1) is 5.82 Å². The Morgan fingerprint density at radius 1 is 0.967 bits per heavy atom. The van der Waals surface area contributed by atoms with Gasteiger partial charge in [-0.25, -0.2) is 4.39 Å². The smallest absolute Gasteiger partial charge is 0.142 e. The van der Waals surface area contributed by atoms with Gasteiger partial charge in [-0.1, -0.05) is 12.1 Å². The zero-order valence-electron chi connectivity index (χ0n) is 18.0. The molecular weight excluding hydrogens is 381 g/mol. The van der Waals surface area contributed by atoms with Crippen molar-refractivity contribution < 1.29 is 13.9 Å². The molecule has 4 rings (SSSR count). The number of rotatable bonds is 6. The van der Waals surface area contributed by atoms with Crippen molar-refractivity contribution in [2.24, 2.45) is 0 Å². The van der Waals surface area contributed by atoms with Gasteiger partial charge < -0.3 is 14.4 Å². The van der Waals surface area contributed by atoms with Gasteiger partial charge in [-0.15, -0.1) is 0 Å². The summed E-state index contributed by atoms with van der Waals surface area (Å²) >= 11 is 0. The average Bonchev–Trinajstić information content (AvgIpc) is 2.81. The third kappa shape index (κ3) is 4.71. The van der Waals surface area contributed by atoms with Crippen molar-refractivity contribution in [3.63, 3.8) is 0 Å². The Morgan fingerprint density at radius 3 is 2.53 bits per heavy atom. The number of piperidine rings is 1. The first-order chi connectivity index (χ1) is 14.7. The molecule has 30 heavy (non-hydrogen) atoms. The van der Waals surface area contributed by atoms with Crippen molar-refractivity contribution in [2.45, 2.75) is 25.4 Å². The lowest BCUT2D eigenvalue weighted by atomic mass is 10.0. The number of nitrogens with zero attached hydrogens (tertiary/aromatic N) is 3. The summed E-state index contributed by atoms with van der Waals surface area (Å²) in [6, 6.07) is 13.8. The molecule has 2 aromatic carbocycles. The standard InChI is InChI=1S/C24H32FN3O2/c1-29-21-9-10-22(25)19(16-21)17-26-11-5-6-20(18-26)27-12-14-28(15-13-27)23-7-3-4-8-24(23)30-2/h3-4,7-10,16,20H,5-6,11-15,17-18H2,1-2H3/t20-/m0/s1. The van der Waals surface area contributed by atoms with Crippen LogP contribution in [0.5, 0.6) is 11.5 Å². The second kappa shape index (κ2) is 9.67. The fraction of sp³-hybridized carbons (Fsp3) is 0.500. The van der Waals surface area contributed by atoms with Gasteiger partial charge in [0.1, 0.15) is 17.3 Å². The number of ether oxygens (including phenoxy) is 2. The molecule has 0 unspecified atom stereocenters. The van der Waals surface area contributed by atoms with Crippen LogP contribution in [0.25, 0.3) is 0 Å². The average molecular weight is 414 g/mol. The molecule has 0 bridgehead atoms. The van der Waals surface area contributed by atoms with E-state index in [4.69, 9.17) is 9.47 Å². The zero-order chi connectivity index (χ0) is 20.9. The van der Waals surface area contributed by atoms with Gasteiger partial charge in [0.2, 0.25) is 0 Å². The number of benzene rings is 2. The molecule has 6 heteroatoms. The van der Waals surface area contributed by atoms with Gasteiger partial charge in [0.05, 0.1) is 19.9 Å². The molecule has 0 amide bonds. The van der Waals surface area contributed by atoms with E-state index in [1.54, 1.807) is 20.3 Å². The monoisotopic (exact) mass is 413 g/mol. The van der Waals surface area contributed by atoms with Crippen LogP contribution < -0.4 is 14.4 Å². The first kappa shape index (κ1) is 20.9. The quantitative estimate of drug-likeness (QED) is 0.721. The lowest BCUT2D eigenvalue weighted by Crippen LogP contribution is -2.55. The Morgan fingerprint density at radius 2 is 1.77 bits per heavy atom. The molecule has 5 nitrogen and oxygen atoms in total. The second-order valence-electron chi connectivity index (χ2n) is 8.18. The predicted molar refractivity (Wildman–Crippen MR) is 118 cm³/mol. The molecule has 0 N–H and O–H groups in total. The number of piperazine rings is 1. The Bertz CT molecular complexity index is 839. The van der Waals surface area contributed by atoms with Crippen LogP contribution in [0.15, 0.2) is 42.5 Å². The van der Waals surface area contributed by atoms with E-state index in [9.17, 15) is 4.39 Å². The number of hydrogen-bond acceptors (Lipinski definition) is 5. The van der Waals surface area contributed by atoms with E-state index in [0.29, 0.717) is 18.3 Å². The van der Waals surface area contributed by atoms with Crippen LogP contribution >= 0.6 is 0 Å². The van der Waals surface area contributed by atoms with Crippen molar-refractivity contribution in [3.05, 3.63) is 53.8 Å². The third-order valence-corrected chi connectivity index (χ3v) is 6.38. The summed E-state index contributed by atoms with van der Waals surface area (Å²) in [5.74, 6) is 1.51. The Hall–Kier alpha value is -2.31. The van der Waals surface area contributed by atoms with Crippen molar-refractivity contribution in [3.8, 4) is 11.5 Å². The van der Waals surface area contributed by atoms with Crippen LogP contribution in [-0.4, -0.2) is 69.3 Å². The lowest BCUT2D eigenvalue weighted by molar-refractivity contribution is 0.0880. The van der Waals surface area contributed by atoms with Crippen molar-refractivity contribution in [1.82, 2.24) is 9.80 Å². The molecule has 0 aromatic heterocycles. The molecule has 2 aliphatic heterocycles. The lowest BCUT2D eigenvalue weighted by Gasteiger charge is -2.44. The fourth-order valence-electron chi connectivity index (χ4n) is 4.73. The number of halogens is 1. The summed E-state index contributed by atoms with van der Waals surface area (Å²) in [6.45, 7) is 6.75. The molecule has 0 saturated carbocycles. The van der Waals surface area contributed by atoms with Gasteiger partial charge in [-0.05, 0) is 49.7 Å². The molecule has 0 radical (unpaired) electrons. The summed E-state index contributed by atoms with van der Waals surface area (Å²) in [6.07, 6.45) is 2.37. The Kier molecular flexibility index (Phi) is 6.75. The van der Waals surface area contributed by atoms with E-state index in [-0.39, 0.29) is 5.82 Å². The van der Waals surface area contributed by atoms with E-state index in [0.717, 1.165) is 57.0 Å². The first-order valence-electron chi connectivity index (χ1n) is 10.8. The Labute approximate surface area is 179 Å². The zero-order valence-corrected chi connectivity index (χ0v) is 18.0. The van der Waals surface area contributed by atoms with Crippen molar-refractivity contribution >= 4 is 5.69 Å². The minimum Gasteiger partial charge on any atom is -0.497 e. The largest absolute Gasteiger partial charge is 0.497 e. The highest BCUT2D eigenvalue weighted by molar-refractivity contribution is 5.58. The molecular formula is C24H32FN3O2. The van der Waals surface area contributed by atoms with Crippen LogP contribution in [0.2, 0.25) is 0 Å². The van der Waals surface area contributed by atoms with Crippen LogP contribution in [0.3, 0.4) is 0 Å². The van der Waals surface area contributed by atoms with Gasteiger partial charge in [-0.3, -0.25) is 9.80 Å². The molecule has 1 atom stereocenters. The number of anilines is 1. The predicted octanol–water partition coefficient (Wildman–Crippen LogP) is 3.63. The minimum atomic E-state index is -0.150. The summed E-state index contributed by atoms with van der Waals surface area (Å²) in [5.41, 5.74) is 1.90. The maximum Gasteiger partial charge on any atom is 0.142 e. The molecule has 2 saturated heterocycles. The number of methoxy groups -OCH3 is 2. The number of likely N-dealkylation sites (tertiary alicyclic amines) is 1. The molecule has 162 valence electrons. The summed E-state index contributed by atoms with van der Waals surface area (Å²) in [5, 5.41) is 0. The summed E-state index contributed by atoms with van der Waals surface area (Å²) < 4.78 is 25.1. The number of hydrogen-bond donors (Lipinski definition) is 0. The molecule has 2 fully saturated rings. The highest BCUT2D eigenvalue weighted by atomic mass is 19.1. The molecule has 0 spiro atoms. The summed E-state index contributed by atoms with van der Waals surface area (Å²) in [7, 11) is 3.36. The highest BCUT2D eigenvalue weighted by Crippen LogP contribution is 2.29. The summed E-state index contributed by atoms with van der Waals surface area (Å²) in [4.78, 5) is 7.42. The van der Waals surface area contributed by atoms with Crippen molar-refractivity contribution in [2.75, 3.05) is 58.4 Å². The van der Waals surface area contributed by atoms with Gasteiger partial charge >= 0.3 is 0 Å². The van der Waals surface area contributed by atoms with Crippen molar-refractivity contribution in [1.29, 1.82) is 0 Å². The van der Waals surface area contributed by atoms with Gasteiger partial charge in [-0.2, -0.15) is 0 Å². The fourth-order valence-corrected chi connectivity index (χ4v) is 4.73. The minimum absolute atomic E-state index is 0.150. The second-order valence-corrected chi connectivity index (χ2v) is 8.18. The van der Waals surface area contributed by atoms with Gasteiger partial charge in [0.15, 0.2) is 0 Å². The van der Waals surface area contributed by atoms with Crippen LogP contribution in [0.1, 0.15) is 18.4 Å². The SMILES string of the molecule is COc1ccc(F)c(CN2CCC[C@H](N3CCN(c4ccccc4OC)CC3)C2)c1. The topological polar surface area (TPSA) is 28.2 Å². The first-order valence-corrected chi connectivity index (χ1v) is 10.8. The van der Waals surface area contributed by atoms with Gasteiger partial charge in [0, 0.05) is 50.9 Å². The van der Waals surface area contributed by atoms with Gasteiger partial charge in [0.25, 0.3) is 0 Å². The molecule has 0 aliphatic carbocycles. The molecule has 2 aromatic rings. The number of para-hydroxylation sites is 2. The van der Waals surface area contributed by atoms with E-state index in [2.05, 4.69) is 26.8 Å². The molecule has 2 heterocycles. The maximum atomic E-state index is 14.3.